The van der Waals surface area contributed by atoms with Gasteiger partial charge in [0.15, 0.2) is 5.54 Å². The lowest BCUT2D eigenvalue weighted by Gasteiger charge is -2.27. The average Bonchev–Trinajstić information content (AvgIpc) is 3.01. The quantitative estimate of drug-likeness (QED) is 0.685. The average molecular weight is 191 g/mol. The van der Waals surface area contributed by atoms with Gasteiger partial charge in [-0.15, -0.1) is 0 Å². The molecule has 0 bridgehead atoms. The summed E-state index contributed by atoms with van der Waals surface area (Å²) in [6.45, 7) is 0. The van der Waals surface area contributed by atoms with Crippen molar-refractivity contribution in [1.29, 1.82) is 0 Å². The van der Waals surface area contributed by atoms with Gasteiger partial charge in [-0.1, -0.05) is 30.3 Å². The Balaban J connectivity index is 2.41. The van der Waals surface area contributed by atoms with Crippen LogP contribution in [0.4, 0.5) is 0 Å². The minimum atomic E-state index is -1.06. The molecule has 3 heteroatoms. The van der Waals surface area contributed by atoms with E-state index < -0.39 is 11.5 Å². The first-order chi connectivity index (χ1) is 6.65. The van der Waals surface area contributed by atoms with Crippen LogP contribution in [-0.2, 0) is 10.3 Å². The summed E-state index contributed by atoms with van der Waals surface area (Å²) in [6.07, 6.45) is 1.87. The monoisotopic (exact) mass is 191 g/mol. The number of benzene rings is 1. The zero-order valence-corrected chi connectivity index (χ0v) is 7.90. The Morgan fingerprint density at radius 1 is 1.36 bits per heavy atom. The Bertz CT molecular complexity index is 346. The topological polar surface area (TPSA) is 67.8 Å². The van der Waals surface area contributed by atoms with Gasteiger partial charge < -0.3 is 15.6 Å². The number of carbonyl (C=O) groups excluding carboxylic acids is 1. The van der Waals surface area contributed by atoms with Gasteiger partial charge in [-0.2, -0.15) is 0 Å². The third-order valence-corrected chi connectivity index (χ3v) is 2.93. The van der Waals surface area contributed by atoms with Gasteiger partial charge in [0.1, 0.15) is 5.97 Å². The number of rotatable bonds is 3. The maximum absolute atomic E-state index is 11.1. The van der Waals surface area contributed by atoms with Crippen molar-refractivity contribution in [2.45, 2.75) is 18.4 Å². The standard InChI is InChI=1S/C11H13NO2/c12-11(10(13)14,9-6-7-9)8-4-2-1-3-5-8/h1-5,9H,6-7,12H2,(H,13,14)/t11-/m0/s1. The Labute approximate surface area is 82.5 Å². The second kappa shape index (κ2) is 3.10. The van der Waals surface area contributed by atoms with Crippen LogP contribution in [0.15, 0.2) is 30.3 Å². The molecule has 1 fully saturated rings. The first kappa shape index (κ1) is 9.21. The molecule has 0 amide bonds. The molecule has 1 aromatic rings. The second-order valence-electron chi connectivity index (χ2n) is 3.90. The van der Waals surface area contributed by atoms with Crippen molar-refractivity contribution in [2.24, 2.45) is 5.92 Å². The van der Waals surface area contributed by atoms with Gasteiger partial charge in [0.05, 0.1) is 0 Å². The summed E-state index contributed by atoms with van der Waals surface area (Å²) < 4.78 is 0. The predicted molar refractivity (Wildman–Crippen MR) is 48.7 cm³/mol. The molecular formula is C11H13NO2. The highest BCUT2D eigenvalue weighted by molar-refractivity contribution is 5.77. The summed E-state index contributed by atoms with van der Waals surface area (Å²) >= 11 is 0. The van der Waals surface area contributed by atoms with Crippen LogP contribution in [0, 0.1) is 5.92 Å². The second-order valence-corrected chi connectivity index (χ2v) is 3.90. The Kier molecular flexibility index (Phi) is 2.04. The molecule has 0 radical (unpaired) electrons. The van der Waals surface area contributed by atoms with Crippen molar-refractivity contribution in [3.8, 4) is 0 Å². The summed E-state index contributed by atoms with van der Waals surface area (Å²) in [7, 11) is 0. The maximum atomic E-state index is 11.1. The highest BCUT2D eigenvalue weighted by Gasteiger charge is 2.48. The van der Waals surface area contributed by atoms with Gasteiger partial charge in [-0.3, -0.25) is 0 Å². The Morgan fingerprint density at radius 2 is 1.93 bits per heavy atom. The van der Waals surface area contributed by atoms with Gasteiger partial charge >= 0.3 is 0 Å². The maximum Gasteiger partial charge on any atom is 0.163 e. The Hall–Kier alpha value is -1.35. The molecule has 1 saturated carbocycles. The summed E-state index contributed by atoms with van der Waals surface area (Å²) in [4.78, 5) is 11.1. The summed E-state index contributed by atoms with van der Waals surface area (Å²) in [6, 6.07) is 9.15. The molecule has 0 heterocycles. The molecule has 1 aromatic carbocycles. The van der Waals surface area contributed by atoms with E-state index in [9.17, 15) is 9.90 Å². The van der Waals surface area contributed by atoms with Crippen LogP contribution < -0.4 is 10.8 Å². The van der Waals surface area contributed by atoms with Crippen molar-refractivity contribution < 1.29 is 15.6 Å². The molecule has 1 aliphatic carbocycles. The number of hydrogen-bond acceptors (Lipinski definition) is 2. The van der Waals surface area contributed by atoms with Crippen LogP contribution in [0.3, 0.4) is 0 Å². The number of carboxylic acids is 1. The molecule has 3 N–H and O–H groups in total. The molecule has 1 atom stereocenters. The number of quaternary nitrogens is 1. The first-order valence-corrected chi connectivity index (χ1v) is 4.78. The lowest BCUT2D eigenvalue weighted by molar-refractivity contribution is -0.501. The normalized spacial score (nSPS) is 20.1. The van der Waals surface area contributed by atoms with Crippen molar-refractivity contribution in [3.05, 3.63) is 35.9 Å². The fourth-order valence-electron chi connectivity index (χ4n) is 1.83. The number of hydrogen-bond donors (Lipinski definition) is 1. The van der Waals surface area contributed by atoms with Crippen LogP contribution in [0.5, 0.6) is 0 Å². The number of aliphatic carboxylic acids is 1. The van der Waals surface area contributed by atoms with Gasteiger partial charge in [0, 0.05) is 11.5 Å². The van der Waals surface area contributed by atoms with E-state index in [1.807, 2.05) is 18.2 Å². The van der Waals surface area contributed by atoms with Gasteiger partial charge in [0.25, 0.3) is 0 Å². The molecule has 0 aromatic heterocycles. The predicted octanol–water partition coefficient (Wildman–Crippen LogP) is -0.716. The van der Waals surface area contributed by atoms with E-state index in [0.717, 1.165) is 18.4 Å². The van der Waals surface area contributed by atoms with Crippen LogP contribution in [0.2, 0.25) is 0 Å². The zero-order chi connectivity index (χ0) is 10.2. The molecule has 0 saturated heterocycles. The van der Waals surface area contributed by atoms with E-state index in [1.54, 1.807) is 12.1 Å². The van der Waals surface area contributed by atoms with E-state index in [1.165, 1.54) is 0 Å². The fraction of sp³-hybridized carbons (Fsp3) is 0.364. The van der Waals surface area contributed by atoms with Crippen molar-refractivity contribution in [1.82, 2.24) is 0 Å². The SMILES string of the molecule is [NH3+][C@@](C(=O)[O-])(c1ccccc1)C1CC1. The molecule has 1 aliphatic rings. The van der Waals surface area contributed by atoms with Crippen LogP contribution in [0.25, 0.3) is 0 Å². The van der Waals surface area contributed by atoms with Crippen LogP contribution in [-0.4, -0.2) is 5.97 Å². The van der Waals surface area contributed by atoms with E-state index >= 15 is 0 Å². The third kappa shape index (κ3) is 1.30. The van der Waals surface area contributed by atoms with E-state index in [0.29, 0.717) is 0 Å². The van der Waals surface area contributed by atoms with Gasteiger partial charge in [-0.25, -0.2) is 0 Å². The minimum absolute atomic E-state index is 0.148. The molecule has 14 heavy (non-hydrogen) atoms. The van der Waals surface area contributed by atoms with Crippen LogP contribution in [0.1, 0.15) is 18.4 Å². The van der Waals surface area contributed by atoms with Gasteiger partial charge in [0.2, 0.25) is 0 Å². The van der Waals surface area contributed by atoms with E-state index in [4.69, 9.17) is 0 Å². The lowest BCUT2D eigenvalue weighted by Crippen LogP contribution is -2.78. The van der Waals surface area contributed by atoms with E-state index in [2.05, 4.69) is 5.73 Å². The molecule has 0 unspecified atom stereocenters. The molecule has 3 nitrogen and oxygen atoms in total. The molecular weight excluding hydrogens is 178 g/mol. The lowest BCUT2D eigenvalue weighted by atomic mass is 9.86. The van der Waals surface area contributed by atoms with Gasteiger partial charge in [-0.05, 0) is 12.8 Å². The van der Waals surface area contributed by atoms with Crippen LogP contribution >= 0.6 is 0 Å². The van der Waals surface area contributed by atoms with Crippen molar-refractivity contribution in [2.75, 3.05) is 0 Å². The molecule has 0 spiro atoms. The highest BCUT2D eigenvalue weighted by atomic mass is 16.4. The number of carboxylic acid groups (broad SMARTS) is 1. The summed E-state index contributed by atoms with van der Waals surface area (Å²) in [5, 5.41) is 11.1. The molecule has 2 rings (SSSR count). The Morgan fingerprint density at radius 3 is 2.36 bits per heavy atom. The van der Waals surface area contributed by atoms with Crippen molar-refractivity contribution in [3.63, 3.8) is 0 Å². The molecule has 0 aliphatic heterocycles. The largest absolute Gasteiger partial charge is 0.543 e. The fourth-order valence-corrected chi connectivity index (χ4v) is 1.83. The van der Waals surface area contributed by atoms with Crippen molar-refractivity contribution >= 4 is 5.97 Å². The third-order valence-electron chi connectivity index (χ3n) is 2.93. The number of carbonyl (C=O) groups is 1. The molecule has 74 valence electrons. The van der Waals surface area contributed by atoms with E-state index in [-0.39, 0.29) is 5.92 Å². The summed E-state index contributed by atoms with van der Waals surface area (Å²) in [5.74, 6) is -0.916. The minimum Gasteiger partial charge on any atom is -0.543 e. The first-order valence-electron chi connectivity index (χ1n) is 4.78. The summed E-state index contributed by atoms with van der Waals surface area (Å²) in [5.41, 5.74) is 3.55. The smallest absolute Gasteiger partial charge is 0.163 e. The highest BCUT2D eigenvalue weighted by Crippen LogP contribution is 2.42. The zero-order valence-electron chi connectivity index (χ0n) is 7.90.